The van der Waals surface area contributed by atoms with Crippen LogP contribution in [0.2, 0.25) is 0 Å². The SMILES string of the molecule is CN1C(=N)N[C@](C)(c2ncc(I)s2)CS1(=O)=O. The minimum absolute atomic E-state index is 0.0948. The van der Waals surface area contributed by atoms with Crippen LogP contribution < -0.4 is 5.32 Å². The van der Waals surface area contributed by atoms with E-state index in [0.29, 0.717) is 5.01 Å². The molecule has 1 aliphatic heterocycles. The summed E-state index contributed by atoms with van der Waals surface area (Å²) in [7, 11) is -2.08. The van der Waals surface area contributed by atoms with Gasteiger partial charge in [-0.05, 0) is 29.5 Å². The Balaban J connectivity index is 2.44. The lowest BCUT2D eigenvalue weighted by atomic mass is 10.1. The molecule has 0 saturated carbocycles. The summed E-state index contributed by atoms with van der Waals surface area (Å²) in [6.45, 7) is 1.75. The summed E-state index contributed by atoms with van der Waals surface area (Å²) >= 11 is 3.57. The van der Waals surface area contributed by atoms with Crippen LogP contribution in [-0.2, 0) is 15.6 Å². The van der Waals surface area contributed by atoms with Crippen molar-refractivity contribution in [3.05, 3.63) is 14.1 Å². The van der Waals surface area contributed by atoms with E-state index in [2.05, 4.69) is 32.9 Å². The standard InChI is InChI=1S/C8H11IN4O2S2/c1-8(6-11-3-5(9)16-6)4-17(14,15)13(2)7(10)12-8/h3H,4H2,1-2H3,(H2,10,12)/t8-/m0/s1. The summed E-state index contributed by atoms with van der Waals surface area (Å²) < 4.78 is 25.8. The number of nitrogens with one attached hydrogen (secondary N) is 2. The van der Waals surface area contributed by atoms with Gasteiger partial charge >= 0.3 is 0 Å². The fourth-order valence-corrected chi connectivity index (χ4v) is 4.66. The highest BCUT2D eigenvalue weighted by atomic mass is 127. The monoisotopic (exact) mass is 386 g/mol. The van der Waals surface area contributed by atoms with Crippen LogP contribution in [0, 0.1) is 8.29 Å². The first-order valence-electron chi connectivity index (χ1n) is 4.70. The molecule has 0 amide bonds. The fraction of sp³-hybridized carbons (Fsp3) is 0.500. The zero-order valence-electron chi connectivity index (χ0n) is 9.19. The van der Waals surface area contributed by atoms with Crippen molar-refractivity contribution in [2.75, 3.05) is 12.8 Å². The molecule has 17 heavy (non-hydrogen) atoms. The number of thiazole rings is 1. The van der Waals surface area contributed by atoms with Gasteiger partial charge in [0.2, 0.25) is 16.0 Å². The van der Waals surface area contributed by atoms with Gasteiger partial charge in [0, 0.05) is 7.05 Å². The molecule has 9 heteroatoms. The molecule has 1 fully saturated rings. The molecule has 2 heterocycles. The largest absolute Gasteiger partial charge is 0.343 e. The fourth-order valence-electron chi connectivity index (χ4n) is 1.60. The number of sulfonamides is 1. The van der Waals surface area contributed by atoms with Gasteiger partial charge < -0.3 is 5.32 Å². The molecule has 2 N–H and O–H groups in total. The second kappa shape index (κ2) is 4.05. The maximum atomic E-state index is 11.9. The zero-order chi connectivity index (χ0) is 12.8. The quantitative estimate of drug-likeness (QED) is 0.698. The molecule has 1 atom stereocenters. The van der Waals surface area contributed by atoms with Crippen molar-refractivity contribution in [3.63, 3.8) is 0 Å². The van der Waals surface area contributed by atoms with Crippen LogP contribution >= 0.6 is 33.9 Å². The van der Waals surface area contributed by atoms with Crippen molar-refractivity contribution in [1.82, 2.24) is 14.6 Å². The molecule has 1 saturated heterocycles. The Morgan fingerprint density at radius 2 is 2.35 bits per heavy atom. The molecular weight excluding hydrogens is 375 g/mol. The highest BCUT2D eigenvalue weighted by molar-refractivity contribution is 14.1. The predicted molar refractivity (Wildman–Crippen MR) is 74.6 cm³/mol. The highest BCUT2D eigenvalue weighted by Gasteiger charge is 2.43. The molecule has 1 aliphatic rings. The second-order valence-corrected chi connectivity index (χ2v) is 8.92. The molecule has 0 bridgehead atoms. The van der Waals surface area contributed by atoms with Crippen molar-refractivity contribution in [1.29, 1.82) is 5.41 Å². The van der Waals surface area contributed by atoms with Crippen molar-refractivity contribution in [2.45, 2.75) is 12.5 Å². The van der Waals surface area contributed by atoms with E-state index >= 15 is 0 Å². The molecule has 1 aromatic rings. The number of halogens is 1. The normalized spacial score (nSPS) is 27.9. The molecule has 94 valence electrons. The van der Waals surface area contributed by atoms with Crippen LogP contribution in [0.25, 0.3) is 0 Å². The van der Waals surface area contributed by atoms with Crippen LogP contribution in [0.15, 0.2) is 6.20 Å². The molecule has 0 radical (unpaired) electrons. The van der Waals surface area contributed by atoms with E-state index in [0.717, 1.165) is 7.19 Å². The van der Waals surface area contributed by atoms with Crippen molar-refractivity contribution in [2.24, 2.45) is 0 Å². The van der Waals surface area contributed by atoms with Gasteiger partial charge in [0.25, 0.3) is 0 Å². The van der Waals surface area contributed by atoms with Crippen LogP contribution in [0.3, 0.4) is 0 Å². The Labute approximate surface area is 117 Å². The molecule has 6 nitrogen and oxygen atoms in total. The molecule has 1 aromatic heterocycles. The number of rotatable bonds is 1. The summed E-state index contributed by atoms with van der Waals surface area (Å²) in [5.74, 6) is -0.216. The van der Waals surface area contributed by atoms with Crippen LogP contribution in [0.4, 0.5) is 0 Å². The predicted octanol–water partition coefficient (Wildman–Crippen LogP) is 0.762. The van der Waals surface area contributed by atoms with E-state index < -0.39 is 15.6 Å². The molecule has 0 aromatic carbocycles. The number of nitrogens with zero attached hydrogens (tertiary/aromatic N) is 2. The van der Waals surface area contributed by atoms with Crippen LogP contribution in [0.5, 0.6) is 0 Å². The van der Waals surface area contributed by atoms with E-state index in [-0.39, 0.29) is 11.7 Å². The Morgan fingerprint density at radius 3 is 2.82 bits per heavy atom. The lowest BCUT2D eigenvalue weighted by Crippen LogP contribution is -2.60. The minimum atomic E-state index is -3.45. The lowest BCUT2D eigenvalue weighted by Gasteiger charge is -2.38. The van der Waals surface area contributed by atoms with E-state index in [1.54, 1.807) is 13.1 Å². The average Bonchev–Trinajstić information content (AvgIpc) is 2.61. The second-order valence-electron chi connectivity index (χ2n) is 4.00. The van der Waals surface area contributed by atoms with Gasteiger partial charge in [-0.25, -0.2) is 17.7 Å². The Hall–Kier alpha value is -0.420. The lowest BCUT2D eigenvalue weighted by molar-refractivity contribution is 0.417. The number of guanidine groups is 1. The Morgan fingerprint density at radius 1 is 1.71 bits per heavy atom. The van der Waals surface area contributed by atoms with Crippen LogP contribution in [0.1, 0.15) is 11.9 Å². The third kappa shape index (κ3) is 2.27. The number of hydrogen-bond acceptors (Lipinski definition) is 5. The first kappa shape index (κ1) is 13.0. The van der Waals surface area contributed by atoms with Crippen LogP contribution in [-0.4, -0.2) is 36.5 Å². The molecule has 2 rings (SSSR count). The van der Waals surface area contributed by atoms with E-state index in [4.69, 9.17) is 5.41 Å². The third-order valence-electron chi connectivity index (χ3n) is 2.55. The maximum absolute atomic E-state index is 11.9. The summed E-state index contributed by atoms with van der Waals surface area (Å²) in [4.78, 5) is 4.21. The maximum Gasteiger partial charge on any atom is 0.239 e. The molecule has 0 unspecified atom stereocenters. The first-order chi connectivity index (χ1) is 7.74. The van der Waals surface area contributed by atoms with E-state index in [1.165, 1.54) is 18.4 Å². The number of hydrogen-bond donors (Lipinski definition) is 2. The van der Waals surface area contributed by atoms with E-state index in [9.17, 15) is 8.42 Å². The average molecular weight is 386 g/mol. The minimum Gasteiger partial charge on any atom is -0.343 e. The Bertz CT molecular complexity index is 570. The van der Waals surface area contributed by atoms with Crippen molar-refractivity contribution in [3.8, 4) is 0 Å². The van der Waals surface area contributed by atoms with Gasteiger partial charge in [0.05, 0.1) is 14.8 Å². The van der Waals surface area contributed by atoms with Crippen molar-refractivity contribution < 1.29 is 8.42 Å². The van der Waals surface area contributed by atoms with Gasteiger partial charge in [-0.15, -0.1) is 11.3 Å². The Kier molecular flexibility index (Phi) is 3.11. The summed E-state index contributed by atoms with van der Waals surface area (Å²) in [6.07, 6.45) is 1.70. The van der Waals surface area contributed by atoms with Gasteiger partial charge in [0.1, 0.15) is 10.5 Å². The summed E-state index contributed by atoms with van der Waals surface area (Å²) in [6, 6.07) is 0. The molecule has 0 aliphatic carbocycles. The number of aromatic nitrogens is 1. The first-order valence-corrected chi connectivity index (χ1v) is 8.20. The summed E-state index contributed by atoms with van der Waals surface area (Å²) in [5.41, 5.74) is -0.823. The zero-order valence-corrected chi connectivity index (χ0v) is 13.0. The van der Waals surface area contributed by atoms with Gasteiger partial charge in [-0.1, -0.05) is 0 Å². The van der Waals surface area contributed by atoms with Gasteiger partial charge in [-0.2, -0.15) is 0 Å². The molecular formula is C8H11IN4O2S2. The van der Waals surface area contributed by atoms with Gasteiger partial charge in [-0.3, -0.25) is 5.41 Å². The molecule has 0 spiro atoms. The van der Waals surface area contributed by atoms with Gasteiger partial charge in [0.15, 0.2) is 0 Å². The van der Waals surface area contributed by atoms with Crippen molar-refractivity contribution >= 4 is 49.9 Å². The topological polar surface area (TPSA) is 86.2 Å². The van der Waals surface area contributed by atoms with E-state index in [1.807, 2.05) is 0 Å². The smallest absolute Gasteiger partial charge is 0.239 e. The third-order valence-corrected chi connectivity index (χ3v) is 6.50. The highest BCUT2D eigenvalue weighted by Crippen LogP contribution is 2.31. The summed E-state index contributed by atoms with van der Waals surface area (Å²) in [5, 5.41) is 11.3.